The largest absolute Gasteiger partial charge is 0.480 e. The minimum Gasteiger partial charge on any atom is -0.480 e. The molecule has 6 heteroatoms. The Labute approximate surface area is 120 Å². The van der Waals surface area contributed by atoms with Crippen LogP contribution in [0.1, 0.15) is 33.1 Å². The zero-order valence-electron chi connectivity index (χ0n) is 12.3. The second-order valence-electron chi connectivity index (χ2n) is 6.14. The molecule has 2 rings (SSSR count). The Balaban J connectivity index is 1.85. The Kier molecular flexibility index (Phi) is 4.86. The third-order valence-corrected chi connectivity index (χ3v) is 4.32. The standard InChI is InChI=1S/C14H25N3O3/c1-10(2)12(13(18)19)15-14(20)17-8-5-11(9-17)16-6-3-4-7-16/h10-12H,3-9H2,1-2H3,(H,15,20)(H,18,19)/t11?,12-/m0/s1. The summed E-state index contributed by atoms with van der Waals surface area (Å²) in [5.74, 6) is -1.09. The van der Waals surface area contributed by atoms with Crippen molar-refractivity contribution in [3.63, 3.8) is 0 Å². The molecule has 2 aliphatic heterocycles. The lowest BCUT2D eigenvalue weighted by Crippen LogP contribution is -2.50. The molecule has 0 spiro atoms. The number of nitrogens with one attached hydrogen (secondary N) is 1. The maximum Gasteiger partial charge on any atom is 0.326 e. The van der Waals surface area contributed by atoms with Crippen molar-refractivity contribution in [2.75, 3.05) is 26.2 Å². The molecular weight excluding hydrogens is 258 g/mol. The Bertz CT molecular complexity index is 367. The molecule has 2 aliphatic rings. The first-order valence-corrected chi connectivity index (χ1v) is 7.51. The summed E-state index contributed by atoms with van der Waals surface area (Å²) in [4.78, 5) is 27.5. The molecule has 2 amide bonds. The zero-order chi connectivity index (χ0) is 14.7. The van der Waals surface area contributed by atoms with Gasteiger partial charge >= 0.3 is 12.0 Å². The molecule has 2 fully saturated rings. The highest BCUT2D eigenvalue weighted by Gasteiger charge is 2.33. The van der Waals surface area contributed by atoms with Gasteiger partial charge < -0.3 is 15.3 Å². The minimum atomic E-state index is -0.969. The van der Waals surface area contributed by atoms with Crippen molar-refractivity contribution < 1.29 is 14.7 Å². The van der Waals surface area contributed by atoms with Crippen LogP contribution in [0.2, 0.25) is 0 Å². The number of carbonyl (C=O) groups is 2. The van der Waals surface area contributed by atoms with Crippen molar-refractivity contribution >= 4 is 12.0 Å². The highest BCUT2D eigenvalue weighted by Crippen LogP contribution is 2.20. The van der Waals surface area contributed by atoms with E-state index in [9.17, 15) is 9.59 Å². The molecule has 0 aromatic carbocycles. The van der Waals surface area contributed by atoms with Gasteiger partial charge in [-0.15, -0.1) is 0 Å². The fourth-order valence-electron chi connectivity index (χ4n) is 3.07. The molecule has 0 bridgehead atoms. The highest BCUT2D eigenvalue weighted by molar-refractivity contribution is 5.82. The van der Waals surface area contributed by atoms with Gasteiger partial charge in [-0.1, -0.05) is 13.8 Å². The molecule has 6 nitrogen and oxygen atoms in total. The lowest BCUT2D eigenvalue weighted by Gasteiger charge is -2.25. The van der Waals surface area contributed by atoms with E-state index in [0.29, 0.717) is 6.04 Å². The predicted octanol–water partition coefficient (Wildman–Crippen LogP) is 0.975. The molecule has 2 saturated heterocycles. The molecule has 114 valence electrons. The molecule has 0 aromatic rings. The predicted molar refractivity (Wildman–Crippen MR) is 75.6 cm³/mol. The van der Waals surface area contributed by atoms with Crippen LogP contribution in [-0.4, -0.2) is 65.2 Å². The van der Waals surface area contributed by atoms with E-state index in [4.69, 9.17) is 5.11 Å². The van der Waals surface area contributed by atoms with Crippen molar-refractivity contribution in [1.82, 2.24) is 15.1 Å². The number of carbonyl (C=O) groups excluding carboxylic acids is 1. The van der Waals surface area contributed by atoms with Gasteiger partial charge in [0.2, 0.25) is 0 Å². The molecule has 1 unspecified atom stereocenters. The normalized spacial score (nSPS) is 25.1. The molecule has 20 heavy (non-hydrogen) atoms. The van der Waals surface area contributed by atoms with Crippen molar-refractivity contribution in [3.8, 4) is 0 Å². The lowest BCUT2D eigenvalue weighted by atomic mass is 10.1. The Morgan fingerprint density at radius 2 is 1.85 bits per heavy atom. The van der Waals surface area contributed by atoms with E-state index in [0.717, 1.165) is 32.6 Å². The van der Waals surface area contributed by atoms with Crippen LogP contribution in [0, 0.1) is 5.92 Å². The van der Waals surface area contributed by atoms with Crippen LogP contribution in [0.4, 0.5) is 4.79 Å². The lowest BCUT2D eigenvalue weighted by molar-refractivity contribution is -0.140. The SMILES string of the molecule is CC(C)[C@H](NC(=O)N1CCC(N2CCCC2)C1)C(=O)O. The fourth-order valence-corrected chi connectivity index (χ4v) is 3.07. The minimum absolute atomic E-state index is 0.117. The summed E-state index contributed by atoms with van der Waals surface area (Å²) in [6.45, 7) is 7.30. The number of urea groups is 1. The fraction of sp³-hybridized carbons (Fsp3) is 0.857. The van der Waals surface area contributed by atoms with Crippen LogP contribution in [-0.2, 0) is 4.79 Å². The molecule has 2 atom stereocenters. The molecule has 0 aliphatic carbocycles. The summed E-state index contributed by atoms with van der Waals surface area (Å²) in [5.41, 5.74) is 0. The average Bonchev–Trinajstić information content (AvgIpc) is 3.04. The molecule has 2 N–H and O–H groups in total. The average molecular weight is 283 g/mol. The van der Waals surface area contributed by atoms with E-state index in [2.05, 4.69) is 10.2 Å². The maximum atomic E-state index is 12.2. The summed E-state index contributed by atoms with van der Waals surface area (Å²) in [7, 11) is 0. The Morgan fingerprint density at radius 3 is 2.40 bits per heavy atom. The van der Waals surface area contributed by atoms with Gasteiger partial charge in [-0.3, -0.25) is 4.90 Å². The summed E-state index contributed by atoms with van der Waals surface area (Å²) in [6.07, 6.45) is 3.49. The monoisotopic (exact) mass is 283 g/mol. The molecule has 0 aromatic heterocycles. The first-order valence-electron chi connectivity index (χ1n) is 7.51. The topological polar surface area (TPSA) is 72.9 Å². The third-order valence-electron chi connectivity index (χ3n) is 4.32. The van der Waals surface area contributed by atoms with Gasteiger partial charge in [0.05, 0.1) is 0 Å². The summed E-state index contributed by atoms with van der Waals surface area (Å²) in [5, 5.41) is 11.8. The summed E-state index contributed by atoms with van der Waals surface area (Å²) >= 11 is 0. The van der Waals surface area contributed by atoms with Gasteiger partial charge in [-0.05, 0) is 38.3 Å². The van der Waals surface area contributed by atoms with Gasteiger partial charge in [0, 0.05) is 19.1 Å². The van der Waals surface area contributed by atoms with E-state index in [1.807, 2.05) is 0 Å². The van der Waals surface area contributed by atoms with Gasteiger partial charge in [0.15, 0.2) is 0 Å². The first kappa shape index (κ1) is 15.1. The summed E-state index contributed by atoms with van der Waals surface area (Å²) in [6, 6.07) is -0.605. The van der Waals surface area contributed by atoms with Gasteiger partial charge in [-0.25, -0.2) is 9.59 Å². The third kappa shape index (κ3) is 3.42. The van der Waals surface area contributed by atoms with Crippen molar-refractivity contribution in [1.29, 1.82) is 0 Å². The smallest absolute Gasteiger partial charge is 0.326 e. The zero-order valence-corrected chi connectivity index (χ0v) is 12.3. The Morgan fingerprint density at radius 1 is 1.20 bits per heavy atom. The first-order chi connectivity index (χ1) is 9.49. The Hall–Kier alpha value is -1.30. The van der Waals surface area contributed by atoms with Crippen LogP contribution in [0.3, 0.4) is 0 Å². The molecule has 2 heterocycles. The quantitative estimate of drug-likeness (QED) is 0.806. The summed E-state index contributed by atoms with van der Waals surface area (Å²) < 4.78 is 0. The molecular formula is C14H25N3O3. The number of likely N-dealkylation sites (tertiary alicyclic amines) is 2. The molecule has 0 radical (unpaired) electrons. The maximum absolute atomic E-state index is 12.2. The van der Waals surface area contributed by atoms with Crippen molar-refractivity contribution in [2.24, 2.45) is 5.92 Å². The number of hydrogen-bond donors (Lipinski definition) is 2. The number of amides is 2. The van der Waals surface area contributed by atoms with Crippen molar-refractivity contribution in [2.45, 2.75) is 45.2 Å². The molecule has 0 saturated carbocycles. The van der Waals surface area contributed by atoms with Gasteiger partial charge in [-0.2, -0.15) is 0 Å². The van der Waals surface area contributed by atoms with E-state index >= 15 is 0 Å². The van der Waals surface area contributed by atoms with Crippen LogP contribution < -0.4 is 5.32 Å². The van der Waals surface area contributed by atoms with Crippen LogP contribution in [0.15, 0.2) is 0 Å². The van der Waals surface area contributed by atoms with Crippen LogP contribution >= 0.6 is 0 Å². The van der Waals surface area contributed by atoms with E-state index < -0.39 is 12.0 Å². The van der Waals surface area contributed by atoms with Gasteiger partial charge in [0.25, 0.3) is 0 Å². The van der Waals surface area contributed by atoms with E-state index in [1.165, 1.54) is 12.8 Å². The second kappa shape index (κ2) is 6.43. The van der Waals surface area contributed by atoms with Gasteiger partial charge in [0.1, 0.15) is 6.04 Å². The van der Waals surface area contributed by atoms with Crippen LogP contribution in [0.25, 0.3) is 0 Å². The van der Waals surface area contributed by atoms with Crippen LogP contribution in [0.5, 0.6) is 0 Å². The highest BCUT2D eigenvalue weighted by atomic mass is 16.4. The van der Waals surface area contributed by atoms with E-state index in [1.54, 1.807) is 18.7 Å². The van der Waals surface area contributed by atoms with E-state index in [-0.39, 0.29) is 11.9 Å². The second-order valence-corrected chi connectivity index (χ2v) is 6.14. The van der Waals surface area contributed by atoms with Crippen molar-refractivity contribution in [3.05, 3.63) is 0 Å². The number of aliphatic carboxylic acids is 1. The number of carboxylic acid groups (broad SMARTS) is 1. The number of carboxylic acids is 1. The number of nitrogens with zero attached hydrogens (tertiary/aromatic N) is 2. The number of hydrogen-bond acceptors (Lipinski definition) is 3. The number of rotatable bonds is 4.